The summed E-state index contributed by atoms with van der Waals surface area (Å²) in [4.78, 5) is 16.1. The molecule has 0 aliphatic rings. The second-order valence-corrected chi connectivity index (χ2v) is 17.9. The van der Waals surface area contributed by atoms with Crippen molar-refractivity contribution >= 4 is 87.5 Å². The Hall–Kier alpha value is -9.59. The second kappa shape index (κ2) is 15.0. The van der Waals surface area contributed by atoms with Gasteiger partial charge in [-0.1, -0.05) is 176 Å². The summed E-state index contributed by atoms with van der Waals surface area (Å²) in [6.07, 6.45) is 0. The van der Waals surface area contributed by atoms with E-state index in [2.05, 4.69) is 173 Å². The van der Waals surface area contributed by atoms with E-state index in [4.69, 9.17) is 23.8 Å². The number of furan rings is 2. The van der Waals surface area contributed by atoms with E-state index in [0.717, 1.165) is 121 Å². The molecule has 0 radical (unpaired) electrons. The van der Waals surface area contributed by atoms with Crippen molar-refractivity contribution in [2.24, 2.45) is 0 Å². The van der Waals surface area contributed by atoms with Gasteiger partial charge in [0, 0.05) is 48.7 Å². The molecule has 0 spiro atoms. The van der Waals surface area contributed by atoms with Gasteiger partial charge in [0.1, 0.15) is 16.7 Å². The molecule has 326 valence electrons. The van der Waals surface area contributed by atoms with E-state index < -0.39 is 0 Å². The van der Waals surface area contributed by atoms with E-state index in [-0.39, 0.29) is 0 Å². The average molecular weight is 896 g/mol. The summed E-state index contributed by atoms with van der Waals surface area (Å²) in [6.45, 7) is 0. The fraction of sp³-hybridized carbons (Fsp3) is 0. The third-order valence-corrected chi connectivity index (χ3v) is 14.0. The summed E-state index contributed by atoms with van der Waals surface area (Å²) in [6, 6.07) is 78.6. The van der Waals surface area contributed by atoms with Crippen molar-refractivity contribution in [3.8, 4) is 56.7 Å². The van der Waals surface area contributed by atoms with Gasteiger partial charge < -0.3 is 13.4 Å². The molecular weight excluding hydrogens is 859 g/mol. The maximum absolute atomic E-state index is 6.99. The molecule has 0 aliphatic carbocycles. The fourth-order valence-corrected chi connectivity index (χ4v) is 10.8. The van der Waals surface area contributed by atoms with Gasteiger partial charge in [0.2, 0.25) is 5.95 Å². The highest BCUT2D eigenvalue weighted by atomic mass is 16.3. The molecule has 0 amide bonds. The van der Waals surface area contributed by atoms with Crippen molar-refractivity contribution < 1.29 is 8.83 Å². The largest absolute Gasteiger partial charge is 0.455 e. The second-order valence-electron chi connectivity index (χ2n) is 17.9. The highest BCUT2D eigenvalue weighted by Gasteiger charge is 2.26. The van der Waals surface area contributed by atoms with Gasteiger partial charge in [-0.15, -0.1) is 0 Å². The lowest BCUT2D eigenvalue weighted by Crippen LogP contribution is -2.07. The summed E-state index contributed by atoms with van der Waals surface area (Å²) in [7, 11) is 0. The van der Waals surface area contributed by atoms with Gasteiger partial charge in [0.15, 0.2) is 17.2 Å². The first kappa shape index (κ1) is 38.5. The van der Waals surface area contributed by atoms with Crippen LogP contribution in [0.25, 0.3) is 144 Å². The molecule has 0 N–H and O–H groups in total. The van der Waals surface area contributed by atoms with Gasteiger partial charge >= 0.3 is 0 Å². The average Bonchev–Trinajstić information content (AvgIpc) is 4.19. The Morgan fingerprint density at radius 2 is 0.814 bits per heavy atom. The van der Waals surface area contributed by atoms with Crippen LogP contribution in [0.4, 0.5) is 0 Å². The minimum absolute atomic E-state index is 0.493. The van der Waals surface area contributed by atoms with Crippen LogP contribution in [0.3, 0.4) is 0 Å². The molecule has 15 aromatic rings. The lowest BCUT2D eigenvalue weighted by atomic mass is 9.97. The number of nitrogens with zero attached hydrogens (tertiary/aromatic N) is 5. The number of benzene rings is 10. The van der Waals surface area contributed by atoms with E-state index in [0.29, 0.717) is 17.6 Å². The molecule has 15 rings (SSSR count). The van der Waals surface area contributed by atoms with E-state index in [9.17, 15) is 0 Å². The zero-order valence-corrected chi connectivity index (χ0v) is 37.4. The van der Waals surface area contributed by atoms with Crippen LogP contribution in [-0.2, 0) is 0 Å². The van der Waals surface area contributed by atoms with E-state index in [1.165, 1.54) is 5.56 Å². The van der Waals surface area contributed by atoms with E-state index in [1.807, 2.05) is 60.7 Å². The standard InChI is InChI=1S/C63H37N5O2/c1-3-17-38(18-4-1)40-21-15-22-41(35-40)42-36-51-46-26-10-14-32-56(46)70-60(51)54(37-42)67-52-29-11-7-23-43(52)47-33-34-48-44-24-8-12-30-53(44)68(58(48)57(47)67)63-65-61(39-19-5-2-6-20-39)64-62(66-63)50-28-16-27-49-45-25-9-13-31-55(45)69-59(49)50/h1-37H. The zero-order chi connectivity index (χ0) is 45.9. The number of para-hydroxylation sites is 5. The molecule has 7 nitrogen and oxygen atoms in total. The summed E-state index contributed by atoms with van der Waals surface area (Å²) in [5, 5.41) is 8.52. The van der Waals surface area contributed by atoms with Crippen molar-refractivity contribution in [1.29, 1.82) is 0 Å². The Labute approximate surface area is 399 Å². The highest BCUT2D eigenvalue weighted by molar-refractivity contribution is 6.24. The normalized spacial score (nSPS) is 12.0. The lowest BCUT2D eigenvalue weighted by Gasteiger charge is -2.15. The number of hydrogen-bond donors (Lipinski definition) is 0. The minimum atomic E-state index is 0.493. The van der Waals surface area contributed by atoms with Gasteiger partial charge in [0.25, 0.3) is 0 Å². The monoisotopic (exact) mass is 895 g/mol. The van der Waals surface area contributed by atoms with Crippen LogP contribution in [0.15, 0.2) is 233 Å². The van der Waals surface area contributed by atoms with Gasteiger partial charge in [-0.3, -0.25) is 4.57 Å². The summed E-state index contributed by atoms with van der Waals surface area (Å²) >= 11 is 0. The predicted octanol–water partition coefficient (Wildman–Crippen LogP) is 16.5. The third-order valence-electron chi connectivity index (χ3n) is 14.0. The molecule has 5 aromatic heterocycles. The smallest absolute Gasteiger partial charge is 0.238 e. The van der Waals surface area contributed by atoms with Crippen molar-refractivity contribution in [2.45, 2.75) is 0 Å². The first-order valence-electron chi connectivity index (χ1n) is 23.5. The fourth-order valence-electron chi connectivity index (χ4n) is 10.8. The molecule has 0 unspecified atom stereocenters. The van der Waals surface area contributed by atoms with Gasteiger partial charge in [-0.25, -0.2) is 4.98 Å². The topological polar surface area (TPSA) is 74.8 Å². The molecule has 0 fully saturated rings. The van der Waals surface area contributed by atoms with Crippen LogP contribution in [0, 0.1) is 0 Å². The van der Waals surface area contributed by atoms with Crippen LogP contribution >= 0.6 is 0 Å². The van der Waals surface area contributed by atoms with Crippen molar-refractivity contribution in [1.82, 2.24) is 24.1 Å². The first-order valence-corrected chi connectivity index (χ1v) is 23.5. The number of aromatic nitrogens is 5. The van der Waals surface area contributed by atoms with Crippen LogP contribution in [-0.4, -0.2) is 24.1 Å². The van der Waals surface area contributed by atoms with Crippen molar-refractivity contribution in [3.05, 3.63) is 224 Å². The molecule has 0 saturated heterocycles. The Balaban J connectivity index is 1.07. The third kappa shape index (κ3) is 5.72. The van der Waals surface area contributed by atoms with Crippen LogP contribution in [0.1, 0.15) is 0 Å². The quantitative estimate of drug-likeness (QED) is 0.166. The molecule has 0 atom stereocenters. The van der Waals surface area contributed by atoms with Gasteiger partial charge in [0.05, 0.1) is 33.3 Å². The SMILES string of the molecule is c1ccc(-c2cccc(-c3cc(-n4c5ccccc5c5ccc6c7ccccc7n(-c7nc(-c8ccccc8)nc(-c8cccc9c8oc8ccccc89)n7)c6c54)c4oc5ccccc5c4c3)c2)cc1. The summed E-state index contributed by atoms with van der Waals surface area (Å²) in [5.74, 6) is 1.57. The summed E-state index contributed by atoms with van der Waals surface area (Å²) in [5.41, 5.74) is 14.3. The Morgan fingerprint density at radius 1 is 0.300 bits per heavy atom. The van der Waals surface area contributed by atoms with Crippen molar-refractivity contribution in [3.63, 3.8) is 0 Å². The van der Waals surface area contributed by atoms with Crippen LogP contribution < -0.4 is 0 Å². The Morgan fingerprint density at radius 3 is 1.53 bits per heavy atom. The van der Waals surface area contributed by atoms with Crippen LogP contribution in [0.5, 0.6) is 0 Å². The maximum Gasteiger partial charge on any atom is 0.238 e. The molecule has 7 heteroatoms. The van der Waals surface area contributed by atoms with E-state index in [1.54, 1.807) is 0 Å². The predicted molar refractivity (Wildman–Crippen MR) is 285 cm³/mol. The Kier molecular flexibility index (Phi) is 8.23. The van der Waals surface area contributed by atoms with Crippen molar-refractivity contribution in [2.75, 3.05) is 0 Å². The first-order chi connectivity index (χ1) is 34.7. The van der Waals surface area contributed by atoms with Crippen LogP contribution in [0.2, 0.25) is 0 Å². The maximum atomic E-state index is 6.99. The lowest BCUT2D eigenvalue weighted by molar-refractivity contribution is 0.666. The minimum Gasteiger partial charge on any atom is -0.455 e. The molecule has 0 bridgehead atoms. The van der Waals surface area contributed by atoms with Gasteiger partial charge in [-0.05, 0) is 70.8 Å². The number of fused-ring (bicyclic) bond motifs is 13. The molecule has 0 aliphatic heterocycles. The molecule has 10 aromatic carbocycles. The summed E-state index contributed by atoms with van der Waals surface area (Å²) < 4.78 is 18.3. The highest BCUT2D eigenvalue weighted by Crippen LogP contribution is 2.45. The van der Waals surface area contributed by atoms with Gasteiger partial charge in [-0.2, -0.15) is 9.97 Å². The molecule has 5 heterocycles. The number of rotatable bonds is 6. The number of hydrogen-bond acceptors (Lipinski definition) is 5. The molecule has 0 saturated carbocycles. The van der Waals surface area contributed by atoms with E-state index >= 15 is 0 Å². The zero-order valence-electron chi connectivity index (χ0n) is 37.4. The molecular formula is C63H37N5O2. The molecule has 70 heavy (non-hydrogen) atoms. The Bertz CT molecular complexity index is 4600.